The molecule has 0 aliphatic rings. The van der Waals surface area contributed by atoms with Gasteiger partial charge in [-0.2, -0.15) is 0 Å². The number of rotatable bonds is 3. The summed E-state index contributed by atoms with van der Waals surface area (Å²) in [6.45, 7) is 3.54. The van der Waals surface area contributed by atoms with Gasteiger partial charge in [-0.15, -0.1) is 0 Å². The van der Waals surface area contributed by atoms with Crippen molar-refractivity contribution < 1.29 is 9.90 Å². The first-order chi connectivity index (χ1) is 9.32. The highest BCUT2D eigenvalue weighted by Crippen LogP contribution is 2.12. The maximum atomic E-state index is 12.3. The molecule has 2 aromatic heterocycles. The van der Waals surface area contributed by atoms with Crippen molar-refractivity contribution in [2.24, 2.45) is 7.05 Å². The Kier molecular flexibility index (Phi) is 3.67. The summed E-state index contributed by atoms with van der Waals surface area (Å²) in [6, 6.07) is 1.68. The maximum absolute atomic E-state index is 12.3. The number of hydrogen-bond acceptors (Lipinski definition) is 3. The van der Waals surface area contributed by atoms with Gasteiger partial charge in [-0.05, 0) is 25.5 Å². The monoisotopic (exact) mass is 295 g/mol. The van der Waals surface area contributed by atoms with Crippen molar-refractivity contribution in [3.63, 3.8) is 0 Å². The zero-order chi connectivity index (χ0) is 15.0. The lowest BCUT2D eigenvalue weighted by molar-refractivity contribution is 0.0693. The molecule has 0 saturated heterocycles. The molecule has 0 spiro atoms. The van der Waals surface area contributed by atoms with E-state index in [9.17, 15) is 9.59 Å². The Morgan fingerprint density at radius 3 is 2.60 bits per heavy atom. The number of carboxylic acid groups (broad SMARTS) is 1. The van der Waals surface area contributed by atoms with Crippen LogP contribution in [-0.2, 0) is 13.6 Å². The molecule has 0 radical (unpaired) electrons. The van der Waals surface area contributed by atoms with E-state index in [4.69, 9.17) is 16.7 Å². The standard InChI is InChI=1S/C13H14ClN3O3/c1-7-4-8(2)17(12(18)11(7)13(19)20)6-10-15-5-9(14)16(10)3/h4-5H,6H2,1-3H3,(H,19,20). The number of aromatic nitrogens is 3. The predicted molar refractivity (Wildman–Crippen MR) is 74.5 cm³/mol. The average molecular weight is 296 g/mol. The highest BCUT2D eigenvalue weighted by Gasteiger charge is 2.17. The van der Waals surface area contributed by atoms with Crippen LogP contribution in [0.25, 0.3) is 0 Å². The number of imidazole rings is 1. The molecular weight excluding hydrogens is 282 g/mol. The molecule has 0 aliphatic carbocycles. The Hall–Kier alpha value is -2.08. The topological polar surface area (TPSA) is 77.1 Å². The van der Waals surface area contributed by atoms with Crippen molar-refractivity contribution in [3.8, 4) is 0 Å². The van der Waals surface area contributed by atoms with Crippen LogP contribution in [0.5, 0.6) is 0 Å². The lowest BCUT2D eigenvalue weighted by atomic mass is 10.1. The Bertz CT molecular complexity index is 746. The van der Waals surface area contributed by atoms with E-state index in [-0.39, 0.29) is 12.1 Å². The van der Waals surface area contributed by atoms with Crippen LogP contribution in [0.3, 0.4) is 0 Å². The van der Waals surface area contributed by atoms with E-state index in [0.29, 0.717) is 22.2 Å². The van der Waals surface area contributed by atoms with Gasteiger partial charge in [-0.3, -0.25) is 4.79 Å². The van der Waals surface area contributed by atoms with Crippen LogP contribution in [0.15, 0.2) is 17.1 Å². The summed E-state index contributed by atoms with van der Waals surface area (Å²) in [5, 5.41) is 9.59. The zero-order valence-electron chi connectivity index (χ0n) is 11.3. The molecule has 2 heterocycles. The van der Waals surface area contributed by atoms with Crippen molar-refractivity contribution in [3.05, 3.63) is 50.4 Å². The first-order valence-corrected chi connectivity index (χ1v) is 6.31. The normalized spacial score (nSPS) is 10.8. The van der Waals surface area contributed by atoms with Gasteiger partial charge in [0.25, 0.3) is 5.56 Å². The Balaban J connectivity index is 2.58. The number of halogens is 1. The van der Waals surface area contributed by atoms with Gasteiger partial charge in [-0.1, -0.05) is 11.6 Å². The molecule has 0 unspecified atom stereocenters. The van der Waals surface area contributed by atoms with Crippen molar-refractivity contribution in [2.45, 2.75) is 20.4 Å². The lowest BCUT2D eigenvalue weighted by Crippen LogP contribution is -2.30. The Labute approximate surface area is 120 Å². The van der Waals surface area contributed by atoms with E-state index < -0.39 is 11.5 Å². The molecule has 0 aromatic carbocycles. The summed E-state index contributed by atoms with van der Waals surface area (Å²) in [7, 11) is 1.73. The average Bonchev–Trinajstić information content (AvgIpc) is 2.65. The molecule has 1 N–H and O–H groups in total. The minimum Gasteiger partial charge on any atom is -0.477 e. The molecule has 20 heavy (non-hydrogen) atoms. The van der Waals surface area contributed by atoms with Crippen molar-refractivity contribution in [1.82, 2.24) is 14.1 Å². The van der Waals surface area contributed by atoms with E-state index in [2.05, 4.69) is 4.98 Å². The minimum atomic E-state index is -1.22. The molecule has 6 nitrogen and oxygen atoms in total. The van der Waals surface area contributed by atoms with Gasteiger partial charge in [0.15, 0.2) is 0 Å². The van der Waals surface area contributed by atoms with Gasteiger partial charge in [0.1, 0.15) is 16.5 Å². The predicted octanol–water partition coefficient (Wildman–Crippen LogP) is 1.60. The number of aromatic carboxylic acids is 1. The second-order valence-corrected chi connectivity index (χ2v) is 4.98. The van der Waals surface area contributed by atoms with E-state index in [1.165, 1.54) is 10.8 Å². The fraction of sp³-hybridized carbons (Fsp3) is 0.308. The first-order valence-electron chi connectivity index (χ1n) is 5.93. The van der Waals surface area contributed by atoms with Crippen LogP contribution in [-0.4, -0.2) is 25.2 Å². The summed E-state index contributed by atoms with van der Waals surface area (Å²) in [6.07, 6.45) is 1.49. The van der Waals surface area contributed by atoms with E-state index in [1.807, 2.05) is 0 Å². The highest BCUT2D eigenvalue weighted by molar-refractivity contribution is 6.29. The van der Waals surface area contributed by atoms with E-state index >= 15 is 0 Å². The molecule has 7 heteroatoms. The van der Waals surface area contributed by atoms with Crippen LogP contribution in [0, 0.1) is 13.8 Å². The molecule has 2 aromatic rings. The molecule has 0 fully saturated rings. The zero-order valence-corrected chi connectivity index (χ0v) is 12.1. The van der Waals surface area contributed by atoms with Gasteiger partial charge in [0.2, 0.25) is 0 Å². The number of carbonyl (C=O) groups is 1. The first kappa shape index (κ1) is 14.3. The fourth-order valence-corrected chi connectivity index (χ4v) is 2.24. The fourth-order valence-electron chi connectivity index (χ4n) is 2.10. The molecule has 0 aliphatic heterocycles. The number of carboxylic acids is 1. The van der Waals surface area contributed by atoms with Crippen LogP contribution in [0.2, 0.25) is 5.15 Å². The smallest absolute Gasteiger partial charge is 0.341 e. The second-order valence-electron chi connectivity index (χ2n) is 4.60. The van der Waals surface area contributed by atoms with Gasteiger partial charge >= 0.3 is 5.97 Å². The Morgan fingerprint density at radius 1 is 1.45 bits per heavy atom. The molecule has 0 bridgehead atoms. The highest BCUT2D eigenvalue weighted by atomic mass is 35.5. The van der Waals surface area contributed by atoms with Gasteiger partial charge in [0, 0.05) is 12.7 Å². The van der Waals surface area contributed by atoms with Gasteiger partial charge in [-0.25, -0.2) is 9.78 Å². The van der Waals surface area contributed by atoms with Crippen LogP contribution >= 0.6 is 11.6 Å². The summed E-state index contributed by atoms with van der Waals surface area (Å²) in [5.74, 6) is -0.639. The SMILES string of the molecule is Cc1cc(C)n(Cc2ncc(Cl)n2C)c(=O)c1C(=O)O. The van der Waals surface area contributed by atoms with Gasteiger partial charge in [0.05, 0.1) is 12.7 Å². The van der Waals surface area contributed by atoms with Crippen LogP contribution in [0.1, 0.15) is 27.4 Å². The number of hydrogen-bond donors (Lipinski definition) is 1. The summed E-state index contributed by atoms with van der Waals surface area (Å²) in [5.41, 5.74) is 0.385. The van der Waals surface area contributed by atoms with Crippen LogP contribution in [0.4, 0.5) is 0 Å². The largest absolute Gasteiger partial charge is 0.477 e. The molecular formula is C13H14ClN3O3. The molecule has 2 rings (SSSR count). The third-order valence-electron chi connectivity index (χ3n) is 3.25. The minimum absolute atomic E-state index is 0.175. The van der Waals surface area contributed by atoms with Gasteiger partial charge < -0.3 is 14.2 Å². The lowest BCUT2D eigenvalue weighted by Gasteiger charge is -2.12. The summed E-state index contributed by atoms with van der Waals surface area (Å²) >= 11 is 5.90. The molecule has 106 valence electrons. The second kappa shape index (κ2) is 5.13. The number of aryl methyl sites for hydroxylation is 2. The van der Waals surface area contributed by atoms with Crippen molar-refractivity contribution in [1.29, 1.82) is 0 Å². The third-order valence-corrected chi connectivity index (χ3v) is 3.60. The molecule has 0 atom stereocenters. The quantitative estimate of drug-likeness (QED) is 0.933. The molecule has 0 amide bonds. The maximum Gasteiger partial charge on any atom is 0.341 e. The molecule has 0 saturated carbocycles. The summed E-state index contributed by atoms with van der Waals surface area (Å²) < 4.78 is 3.03. The summed E-state index contributed by atoms with van der Waals surface area (Å²) in [4.78, 5) is 27.6. The van der Waals surface area contributed by atoms with E-state index in [1.54, 1.807) is 31.5 Å². The number of pyridine rings is 1. The third kappa shape index (κ3) is 2.34. The Morgan fingerprint density at radius 2 is 2.10 bits per heavy atom. The van der Waals surface area contributed by atoms with Crippen molar-refractivity contribution in [2.75, 3.05) is 0 Å². The van der Waals surface area contributed by atoms with Crippen LogP contribution < -0.4 is 5.56 Å². The van der Waals surface area contributed by atoms with Crippen molar-refractivity contribution >= 4 is 17.6 Å². The van der Waals surface area contributed by atoms with E-state index in [0.717, 1.165) is 0 Å². The number of nitrogens with zero attached hydrogens (tertiary/aromatic N) is 3.